The molecule has 4 nitrogen and oxygen atoms in total. The molecule has 0 aliphatic carbocycles. The van der Waals surface area contributed by atoms with Gasteiger partial charge in [-0.15, -0.1) is 11.3 Å². The smallest absolute Gasteiger partial charge is 0.227 e. The van der Waals surface area contributed by atoms with Crippen molar-refractivity contribution in [2.75, 3.05) is 13.1 Å². The lowest BCUT2D eigenvalue weighted by Crippen LogP contribution is -2.39. The second-order valence-corrected chi connectivity index (χ2v) is 7.59. The molecule has 1 aromatic heterocycles. The second-order valence-electron chi connectivity index (χ2n) is 6.36. The van der Waals surface area contributed by atoms with E-state index < -0.39 is 0 Å². The molecule has 1 fully saturated rings. The maximum absolute atomic E-state index is 12.6. The molecule has 124 valence electrons. The Balaban J connectivity index is 1.65. The van der Waals surface area contributed by atoms with Crippen LogP contribution in [0.3, 0.4) is 0 Å². The Bertz CT molecular complexity index is 753. The normalized spacial score (nSPS) is 17.5. The van der Waals surface area contributed by atoms with Gasteiger partial charge in [-0.25, -0.2) is 4.98 Å². The third kappa shape index (κ3) is 3.65. The highest BCUT2D eigenvalue weighted by molar-refractivity contribution is 7.11. The number of likely N-dealkylation sites (tertiary alicyclic amines) is 1. The molecular weight excluding hydrogens is 318 g/mol. The van der Waals surface area contributed by atoms with E-state index in [9.17, 15) is 4.79 Å². The first-order valence-electron chi connectivity index (χ1n) is 8.27. The highest BCUT2D eigenvalue weighted by Gasteiger charge is 2.26. The number of piperidine rings is 1. The van der Waals surface area contributed by atoms with Crippen molar-refractivity contribution < 1.29 is 4.79 Å². The van der Waals surface area contributed by atoms with Crippen molar-refractivity contribution in [3.63, 3.8) is 0 Å². The minimum atomic E-state index is 0.161. The molecule has 1 amide bonds. The Morgan fingerprint density at radius 2 is 2.12 bits per heavy atom. The number of nitriles is 1. The van der Waals surface area contributed by atoms with Crippen LogP contribution in [-0.4, -0.2) is 28.9 Å². The third-order valence-electron chi connectivity index (χ3n) is 4.61. The first-order valence-corrected chi connectivity index (χ1v) is 9.09. The largest absolute Gasteiger partial charge is 0.342 e. The molecule has 1 aromatic carbocycles. The molecule has 5 heteroatoms. The number of thiazole rings is 1. The van der Waals surface area contributed by atoms with Crippen LogP contribution in [0.25, 0.3) is 0 Å². The van der Waals surface area contributed by atoms with E-state index in [-0.39, 0.29) is 5.91 Å². The minimum Gasteiger partial charge on any atom is -0.342 e. The highest BCUT2D eigenvalue weighted by atomic mass is 32.1. The van der Waals surface area contributed by atoms with E-state index in [2.05, 4.69) is 18.0 Å². The van der Waals surface area contributed by atoms with E-state index in [1.54, 1.807) is 23.5 Å². The minimum absolute atomic E-state index is 0.161. The Morgan fingerprint density at radius 3 is 2.75 bits per heavy atom. The summed E-state index contributed by atoms with van der Waals surface area (Å²) in [5.41, 5.74) is 2.69. The Hall–Kier alpha value is -2.19. The number of rotatable bonds is 3. The van der Waals surface area contributed by atoms with Crippen LogP contribution in [0, 0.1) is 25.2 Å². The monoisotopic (exact) mass is 339 g/mol. The third-order valence-corrected chi connectivity index (χ3v) is 5.84. The van der Waals surface area contributed by atoms with Gasteiger partial charge in [-0.1, -0.05) is 12.1 Å². The molecule has 1 aliphatic heterocycles. The fraction of sp³-hybridized carbons (Fsp3) is 0.421. The van der Waals surface area contributed by atoms with Crippen LogP contribution in [0.4, 0.5) is 0 Å². The highest BCUT2D eigenvalue weighted by Crippen LogP contribution is 2.31. The molecule has 0 saturated carbocycles. The Labute approximate surface area is 146 Å². The average Bonchev–Trinajstić information content (AvgIpc) is 2.95. The van der Waals surface area contributed by atoms with Crippen molar-refractivity contribution in [2.24, 2.45) is 0 Å². The summed E-state index contributed by atoms with van der Waals surface area (Å²) in [5, 5.41) is 10.0. The Kier molecular flexibility index (Phi) is 4.96. The van der Waals surface area contributed by atoms with Crippen LogP contribution in [0.1, 0.15) is 45.5 Å². The SMILES string of the molecule is Cc1nc(C2CCCN(C(=O)Cc3ccc(C#N)cc3)C2)sc1C. The number of benzene rings is 1. The van der Waals surface area contributed by atoms with Gasteiger partial charge in [0.2, 0.25) is 5.91 Å². The van der Waals surface area contributed by atoms with E-state index in [1.165, 1.54) is 9.88 Å². The summed E-state index contributed by atoms with van der Waals surface area (Å²) in [6.07, 6.45) is 2.53. The lowest BCUT2D eigenvalue weighted by Gasteiger charge is -2.32. The Morgan fingerprint density at radius 1 is 1.38 bits per heavy atom. The summed E-state index contributed by atoms with van der Waals surface area (Å²) >= 11 is 1.76. The molecule has 0 radical (unpaired) electrons. The van der Waals surface area contributed by atoms with Crippen LogP contribution < -0.4 is 0 Å². The second kappa shape index (κ2) is 7.14. The number of carbonyl (C=O) groups excluding carboxylic acids is 1. The summed E-state index contributed by atoms with van der Waals surface area (Å²) in [5.74, 6) is 0.524. The number of amides is 1. The first kappa shape index (κ1) is 16.7. The first-order chi connectivity index (χ1) is 11.6. The molecule has 2 heterocycles. The van der Waals surface area contributed by atoms with Gasteiger partial charge in [0.05, 0.1) is 28.8 Å². The van der Waals surface area contributed by atoms with Gasteiger partial charge in [-0.3, -0.25) is 4.79 Å². The zero-order chi connectivity index (χ0) is 17.1. The molecule has 1 aliphatic rings. The predicted octanol–water partition coefficient (Wildman–Crippen LogP) is 3.58. The lowest BCUT2D eigenvalue weighted by molar-refractivity contribution is -0.131. The number of hydrogen-bond donors (Lipinski definition) is 0. The van der Waals surface area contributed by atoms with Crippen LogP contribution in [-0.2, 0) is 11.2 Å². The number of carbonyl (C=O) groups is 1. The average molecular weight is 339 g/mol. The van der Waals surface area contributed by atoms with Crippen molar-refractivity contribution in [2.45, 2.75) is 39.0 Å². The molecule has 0 bridgehead atoms. The van der Waals surface area contributed by atoms with Gasteiger partial charge in [0.15, 0.2) is 0 Å². The van der Waals surface area contributed by atoms with Crippen molar-refractivity contribution in [3.8, 4) is 6.07 Å². The number of nitrogens with zero attached hydrogens (tertiary/aromatic N) is 3. The summed E-state index contributed by atoms with van der Waals surface area (Å²) in [7, 11) is 0. The number of aryl methyl sites for hydroxylation is 2. The van der Waals surface area contributed by atoms with Crippen LogP contribution in [0.15, 0.2) is 24.3 Å². The molecule has 0 N–H and O–H groups in total. The molecule has 1 atom stereocenters. The van der Waals surface area contributed by atoms with Crippen LogP contribution in [0.2, 0.25) is 0 Å². The molecule has 1 unspecified atom stereocenters. The summed E-state index contributed by atoms with van der Waals surface area (Å²) in [6, 6.07) is 9.37. The van der Waals surface area contributed by atoms with Crippen molar-refractivity contribution in [3.05, 3.63) is 51.0 Å². The molecule has 1 saturated heterocycles. The lowest BCUT2D eigenvalue weighted by atomic mass is 9.98. The topological polar surface area (TPSA) is 57.0 Å². The fourth-order valence-corrected chi connectivity index (χ4v) is 4.11. The van der Waals surface area contributed by atoms with Crippen molar-refractivity contribution >= 4 is 17.2 Å². The molecule has 2 aromatic rings. The van der Waals surface area contributed by atoms with Gasteiger partial charge in [0, 0.05) is 23.9 Å². The number of hydrogen-bond acceptors (Lipinski definition) is 4. The van der Waals surface area contributed by atoms with Crippen LogP contribution in [0.5, 0.6) is 0 Å². The van der Waals surface area contributed by atoms with Gasteiger partial charge in [0.25, 0.3) is 0 Å². The quantitative estimate of drug-likeness (QED) is 0.859. The summed E-state index contributed by atoms with van der Waals surface area (Å²) < 4.78 is 0. The van der Waals surface area contributed by atoms with Gasteiger partial charge < -0.3 is 4.90 Å². The van der Waals surface area contributed by atoms with E-state index >= 15 is 0 Å². The van der Waals surface area contributed by atoms with Gasteiger partial charge in [0.1, 0.15) is 0 Å². The maximum Gasteiger partial charge on any atom is 0.227 e. The van der Waals surface area contributed by atoms with E-state index in [0.29, 0.717) is 17.9 Å². The van der Waals surface area contributed by atoms with E-state index in [4.69, 9.17) is 5.26 Å². The zero-order valence-electron chi connectivity index (χ0n) is 14.1. The van der Waals surface area contributed by atoms with E-state index in [1.807, 2.05) is 24.0 Å². The molecule has 0 spiro atoms. The zero-order valence-corrected chi connectivity index (χ0v) is 14.9. The summed E-state index contributed by atoms with van der Waals surface area (Å²) in [6.45, 7) is 5.75. The fourth-order valence-electron chi connectivity index (χ4n) is 3.06. The number of aromatic nitrogens is 1. The van der Waals surface area contributed by atoms with Gasteiger partial charge >= 0.3 is 0 Å². The van der Waals surface area contributed by atoms with Gasteiger partial charge in [-0.2, -0.15) is 5.26 Å². The predicted molar refractivity (Wildman–Crippen MR) is 95.0 cm³/mol. The van der Waals surface area contributed by atoms with Crippen molar-refractivity contribution in [1.29, 1.82) is 5.26 Å². The maximum atomic E-state index is 12.6. The standard InChI is InChI=1S/C19H21N3OS/c1-13-14(2)24-19(21-13)17-4-3-9-22(12-17)18(23)10-15-5-7-16(11-20)8-6-15/h5-8,17H,3-4,9-10,12H2,1-2H3. The molecule has 3 rings (SSSR count). The van der Waals surface area contributed by atoms with Gasteiger partial charge in [-0.05, 0) is 44.4 Å². The molecular formula is C19H21N3OS. The van der Waals surface area contributed by atoms with E-state index in [0.717, 1.165) is 37.2 Å². The summed E-state index contributed by atoms with van der Waals surface area (Å²) in [4.78, 5) is 20.5. The van der Waals surface area contributed by atoms with Crippen LogP contribution >= 0.6 is 11.3 Å². The molecule has 24 heavy (non-hydrogen) atoms. The van der Waals surface area contributed by atoms with Crippen molar-refractivity contribution in [1.82, 2.24) is 9.88 Å².